The zero-order valence-corrected chi connectivity index (χ0v) is 20.0. The van der Waals surface area contributed by atoms with Crippen molar-refractivity contribution >= 4 is 26.8 Å². The maximum absolute atomic E-state index is 13.2. The highest BCUT2D eigenvalue weighted by Gasteiger charge is 2.29. The molecular formula is C25H29N3O5S. The van der Waals surface area contributed by atoms with E-state index in [9.17, 15) is 13.2 Å². The van der Waals surface area contributed by atoms with Crippen LogP contribution in [0.4, 0.5) is 0 Å². The third kappa shape index (κ3) is 4.31. The summed E-state index contributed by atoms with van der Waals surface area (Å²) in [6.07, 6.45) is 3.76. The van der Waals surface area contributed by atoms with Crippen molar-refractivity contribution in [1.29, 1.82) is 0 Å². The summed E-state index contributed by atoms with van der Waals surface area (Å²) < 4.78 is 38.1. The summed E-state index contributed by atoms with van der Waals surface area (Å²) in [5.41, 5.74) is 2.73. The van der Waals surface area contributed by atoms with Crippen molar-refractivity contribution in [3.05, 3.63) is 59.8 Å². The molecule has 0 spiro atoms. The number of nitrogens with one attached hydrogen (secondary N) is 1. The molecule has 8 nitrogen and oxygen atoms in total. The fraction of sp³-hybridized carbons (Fsp3) is 0.400. The number of ether oxygens (including phenoxy) is 2. The van der Waals surface area contributed by atoms with E-state index >= 15 is 0 Å². The van der Waals surface area contributed by atoms with Gasteiger partial charge in [-0.2, -0.15) is 4.31 Å². The number of amides is 1. The number of fused-ring (bicyclic) bond motifs is 1. The molecule has 1 N–H and O–H groups in total. The van der Waals surface area contributed by atoms with Crippen molar-refractivity contribution < 1.29 is 22.7 Å². The minimum Gasteiger partial charge on any atom is -0.497 e. The average Bonchev–Trinajstić information content (AvgIpc) is 3.32. The lowest BCUT2D eigenvalue weighted by atomic mass is 9.89. The number of aromatic nitrogens is 1. The lowest BCUT2D eigenvalue weighted by Gasteiger charge is -2.32. The minimum atomic E-state index is -3.64. The number of piperidine rings is 1. The lowest BCUT2D eigenvalue weighted by molar-refractivity contribution is 0.0712. The van der Waals surface area contributed by atoms with Crippen LogP contribution in [-0.4, -0.2) is 75.0 Å². The Morgan fingerprint density at radius 2 is 1.82 bits per heavy atom. The van der Waals surface area contributed by atoms with Crippen LogP contribution in [0.25, 0.3) is 10.9 Å². The van der Waals surface area contributed by atoms with E-state index in [1.54, 1.807) is 25.3 Å². The molecule has 5 rings (SSSR count). The van der Waals surface area contributed by atoms with E-state index in [1.165, 1.54) is 15.9 Å². The quantitative estimate of drug-likeness (QED) is 0.602. The van der Waals surface area contributed by atoms with Crippen LogP contribution in [-0.2, 0) is 14.8 Å². The largest absolute Gasteiger partial charge is 0.497 e. The Morgan fingerprint density at radius 1 is 1.06 bits per heavy atom. The van der Waals surface area contributed by atoms with E-state index in [2.05, 4.69) is 17.2 Å². The van der Waals surface area contributed by atoms with Crippen molar-refractivity contribution in [1.82, 2.24) is 14.2 Å². The van der Waals surface area contributed by atoms with Crippen LogP contribution in [0.5, 0.6) is 5.75 Å². The number of morpholine rings is 1. The van der Waals surface area contributed by atoms with Gasteiger partial charge in [-0.3, -0.25) is 4.79 Å². The Balaban J connectivity index is 1.29. The van der Waals surface area contributed by atoms with E-state index in [4.69, 9.17) is 9.47 Å². The molecule has 2 saturated heterocycles. The van der Waals surface area contributed by atoms with Crippen LogP contribution in [0.1, 0.15) is 34.7 Å². The Hall–Kier alpha value is -2.88. The molecule has 1 amide bonds. The van der Waals surface area contributed by atoms with Gasteiger partial charge in [-0.05, 0) is 60.7 Å². The summed E-state index contributed by atoms with van der Waals surface area (Å²) in [4.78, 5) is 18.5. The maximum Gasteiger partial charge on any atom is 0.253 e. The van der Waals surface area contributed by atoms with E-state index in [1.807, 2.05) is 17.0 Å². The smallest absolute Gasteiger partial charge is 0.253 e. The summed E-state index contributed by atoms with van der Waals surface area (Å²) in [5.74, 6) is 1.05. The normalized spacial score (nSPS) is 18.3. The zero-order chi connectivity index (χ0) is 23.7. The molecule has 1 aromatic heterocycles. The molecule has 0 atom stereocenters. The van der Waals surface area contributed by atoms with E-state index in [0.717, 1.165) is 29.5 Å². The standard InChI is InChI=1S/C25H29N3O5S/c1-32-20-5-6-24-22(16-20)23(17-26-24)18-7-9-27(10-8-18)25(29)19-3-2-4-21(15-19)34(30,31)28-11-13-33-14-12-28/h2-6,15-18,26H,7-14H2,1H3. The fourth-order valence-corrected chi connectivity index (χ4v) is 6.34. The van der Waals surface area contributed by atoms with Crippen molar-refractivity contribution in [2.75, 3.05) is 46.5 Å². The molecule has 3 heterocycles. The number of likely N-dealkylation sites (tertiary alicyclic amines) is 1. The van der Waals surface area contributed by atoms with Crippen LogP contribution in [0, 0.1) is 0 Å². The van der Waals surface area contributed by atoms with Gasteiger partial charge in [0.05, 0.1) is 25.2 Å². The molecule has 0 unspecified atom stereocenters. The summed E-state index contributed by atoms with van der Waals surface area (Å²) in [6, 6.07) is 12.4. The number of carbonyl (C=O) groups excluding carboxylic acids is 1. The Kier molecular flexibility index (Phi) is 6.33. The molecule has 0 aliphatic carbocycles. The first-order chi connectivity index (χ1) is 16.5. The van der Waals surface area contributed by atoms with Gasteiger partial charge in [0.2, 0.25) is 10.0 Å². The lowest BCUT2D eigenvalue weighted by Crippen LogP contribution is -2.41. The molecule has 0 saturated carbocycles. The second-order valence-corrected chi connectivity index (χ2v) is 10.7. The van der Waals surface area contributed by atoms with Gasteiger partial charge in [0.1, 0.15) is 5.75 Å². The third-order valence-electron chi connectivity index (χ3n) is 6.83. The fourth-order valence-electron chi connectivity index (χ4n) is 4.89. The first-order valence-electron chi connectivity index (χ1n) is 11.6. The number of aromatic amines is 1. The molecule has 0 bridgehead atoms. The van der Waals surface area contributed by atoms with E-state index in [0.29, 0.717) is 50.9 Å². The average molecular weight is 484 g/mol. The van der Waals surface area contributed by atoms with Crippen molar-refractivity contribution in [2.24, 2.45) is 0 Å². The molecule has 180 valence electrons. The highest BCUT2D eigenvalue weighted by atomic mass is 32.2. The number of hydrogen-bond acceptors (Lipinski definition) is 5. The predicted octanol–water partition coefficient (Wildman–Crippen LogP) is 3.22. The molecule has 2 aliphatic heterocycles. The second-order valence-electron chi connectivity index (χ2n) is 8.77. The van der Waals surface area contributed by atoms with E-state index < -0.39 is 10.0 Å². The zero-order valence-electron chi connectivity index (χ0n) is 19.2. The molecule has 0 radical (unpaired) electrons. The molecule has 2 aliphatic rings. The minimum absolute atomic E-state index is 0.127. The number of rotatable bonds is 5. The topological polar surface area (TPSA) is 91.9 Å². The summed E-state index contributed by atoms with van der Waals surface area (Å²) in [5, 5.41) is 1.16. The van der Waals surface area contributed by atoms with Gasteiger partial charge < -0.3 is 19.4 Å². The summed E-state index contributed by atoms with van der Waals surface area (Å²) in [7, 11) is -1.98. The highest BCUT2D eigenvalue weighted by molar-refractivity contribution is 7.89. The number of benzene rings is 2. The maximum atomic E-state index is 13.2. The van der Waals surface area contributed by atoms with Gasteiger partial charge in [0.25, 0.3) is 5.91 Å². The van der Waals surface area contributed by atoms with Gasteiger partial charge in [-0.25, -0.2) is 8.42 Å². The molecule has 3 aromatic rings. The van der Waals surface area contributed by atoms with Gasteiger partial charge in [-0.15, -0.1) is 0 Å². The first-order valence-corrected chi connectivity index (χ1v) is 13.0. The van der Waals surface area contributed by atoms with Crippen LogP contribution in [0.2, 0.25) is 0 Å². The number of nitrogens with zero attached hydrogens (tertiary/aromatic N) is 2. The molecule has 9 heteroatoms. The van der Waals surface area contributed by atoms with Gasteiger partial charge >= 0.3 is 0 Å². The molecule has 34 heavy (non-hydrogen) atoms. The first kappa shape index (κ1) is 22.9. The summed E-state index contributed by atoms with van der Waals surface area (Å²) >= 11 is 0. The van der Waals surface area contributed by atoms with Gasteiger partial charge in [-0.1, -0.05) is 6.07 Å². The van der Waals surface area contributed by atoms with Crippen LogP contribution >= 0.6 is 0 Å². The molecule has 2 fully saturated rings. The molecular weight excluding hydrogens is 454 g/mol. The summed E-state index contributed by atoms with van der Waals surface area (Å²) in [6.45, 7) is 2.68. The Labute approximate surface area is 199 Å². The van der Waals surface area contributed by atoms with Crippen LogP contribution in [0.3, 0.4) is 0 Å². The van der Waals surface area contributed by atoms with Gasteiger partial charge in [0.15, 0.2) is 0 Å². The third-order valence-corrected chi connectivity index (χ3v) is 8.73. The number of sulfonamides is 1. The molecule has 2 aromatic carbocycles. The number of methoxy groups -OCH3 is 1. The SMILES string of the molecule is COc1ccc2[nH]cc(C3CCN(C(=O)c4cccc(S(=O)(=O)N5CCOCC5)c4)CC3)c2c1. The predicted molar refractivity (Wildman–Crippen MR) is 129 cm³/mol. The van der Waals surface area contributed by atoms with Crippen molar-refractivity contribution in [2.45, 2.75) is 23.7 Å². The number of hydrogen-bond donors (Lipinski definition) is 1. The monoisotopic (exact) mass is 483 g/mol. The van der Waals surface area contributed by atoms with E-state index in [-0.39, 0.29) is 10.8 Å². The van der Waals surface area contributed by atoms with Crippen LogP contribution in [0.15, 0.2) is 53.6 Å². The van der Waals surface area contributed by atoms with Gasteiger partial charge in [0, 0.05) is 48.8 Å². The Bertz CT molecular complexity index is 1290. The van der Waals surface area contributed by atoms with Crippen molar-refractivity contribution in [3.63, 3.8) is 0 Å². The number of H-pyrrole nitrogens is 1. The number of carbonyl (C=O) groups is 1. The second kappa shape index (κ2) is 9.40. The Morgan fingerprint density at radius 3 is 2.56 bits per heavy atom. The highest BCUT2D eigenvalue weighted by Crippen LogP contribution is 2.35. The van der Waals surface area contributed by atoms with Crippen molar-refractivity contribution in [3.8, 4) is 5.75 Å². The van der Waals surface area contributed by atoms with Crippen LogP contribution < -0.4 is 4.74 Å².